The lowest BCUT2D eigenvalue weighted by molar-refractivity contribution is -0.387. The summed E-state index contributed by atoms with van der Waals surface area (Å²) in [5, 5.41) is 11.1. The number of hydrogen-bond acceptors (Lipinski definition) is 6. The summed E-state index contributed by atoms with van der Waals surface area (Å²) in [4.78, 5) is 35.8. The fourth-order valence-electron chi connectivity index (χ4n) is 1.99. The molecule has 1 aromatic carbocycles. The van der Waals surface area contributed by atoms with E-state index in [1.54, 1.807) is 11.9 Å². The highest BCUT2D eigenvalue weighted by Crippen LogP contribution is 2.30. The summed E-state index contributed by atoms with van der Waals surface area (Å²) in [6.07, 6.45) is 0.692. The molecule has 0 heterocycles. The molecule has 0 aliphatic heterocycles. The quantitative estimate of drug-likeness (QED) is 0.386. The lowest BCUT2D eigenvalue weighted by Gasteiger charge is -2.21. The molecule has 0 radical (unpaired) electrons. The second-order valence-electron chi connectivity index (χ2n) is 6.10. The first kappa shape index (κ1) is 20.9. The van der Waals surface area contributed by atoms with E-state index in [4.69, 9.17) is 11.5 Å². The molecule has 4 N–H and O–H groups in total. The molecule has 0 bridgehead atoms. The number of nitro groups is 1. The molecule has 0 saturated heterocycles. The van der Waals surface area contributed by atoms with Crippen molar-refractivity contribution in [3.05, 3.63) is 33.9 Å². The van der Waals surface area contributed by atoms with Gasteiger partial charge in [-0.15, -0.1) is 11.8 Å². The summed E-state index contributed by atoms with van der Waals surface area (Å²) < 4.78 is 0. The number of thioether (sulfide) groups is 1. The number of nitro benzene ring substituents is 1. The molecule has 2 amide bonds. The van der Waals surface area contributed by atoms with Gasteiger partial charge in [0.1, 0.15) is 0 Å². The lowest BCUT2D eigenvalue weighted by atomic mass is 10.0. The molecule has 0 aromatic heterocycles. The molecule has 1 aromatic rings. The first-order valence-corrected chi connectivity index (χ1v) is 8.82. The van der Waals surface area contributed by atoms with Crippen LogP contribution in [0.3, 0.4) is 0 Å². The average molecular weight is 368 g/mol. The molecule has 1 rings (SSSR count). The van der Waals surface area contributed by atoms with E-state index in [9.17, 15) is 19.7 Å². The first-order chi connectivity index (χ1) is 11.6. The average Bonchev–Trinajstić information content (AvgIpc) is 2.56. The molecule has 138 valence electrons. The Morgan fingerprint density at radius 3 is 2.52 bits per heavy atom. The van der Waals surface area contributed by atoms with Crippen LogP contribution in [0, 0.1) is 16.0 Å². The Kier molecular flexibility index (Phi) is 7.85. The van der Waals surface area contributed by atoms with Gasteiger partial charge in [-0.05, 0) is 24.5 Å². The number of primary amides is 1. The highest BCUT2D eigenvalue weighted by atomic mass is 32.2. The largest absolute Gasteiger partial charge is 0.366 e. The van der Waals surface area contributed by atoms with Gasteiger partial charge in [-0.25, -0.2) is 0 Å². The van der Waals surface area contributed by atoms with Crippen molar-refractivity contribution >= 4 is 29.3 Å². The molecular weight excluding hydrogens is 344 g/mol. The van der Waals surface area contributed by atoms with Gasteiger partial charge in [-0.1, -0.05) is 13.8 Å². The molecule has 25 heavy (non-hydrogen) atoms. The third-order valence-corrected chi connectivity index (χ3v) is 4.92. The third-order valence-electron chi connectivity index (χ3n) is 3.87. The van der Waals surface area contributed by atoms with Crippen LogP contribution in [-0.2, 0) is 4.79 Å². The van der Waals surface area contributed by atoms with Crippen LogP contribution >= 0.6 is 11.8 Å². The van der Waals surface area contributed by atoms with Crippen LogP contribution in [0.25, 0.3) is 0 Å². The number of amides is 2. The Morgan fingerprint density at radius 1 is 1.36 bits per heavy atom. The van der Waals surface area contributed by atoms with Gasteiger partial charge in [0.05, 0.1) is 15.6 Å². The minimum Gasteiger partial charge on any atom is -0.366 e. The zero-order valence-corrected chi connectivity index (χ0v) is 15.4. The Morgan fingerprint density at radius 2 is 2.00 bits per heavy atom. The Bertz CT molecular complexity index is 651. The van der Waals surface area contributed by atoms with E-state index in [-0.39, 0.29) is 29.0 Å². The van der Waals surface area contributed by atoms with E-state index >= 15 is 0 Å². The SMILES string of the molecule is CC(C)C(N)CCN(C)C(=O)CSc1ccc(C(N)=O)cc1[N+](=O)[O-]. The molecular formula is C16H24N4O4S. The van der Waals surface area contributed by atoms with Crippen LogP contribution in [0.4, 0.5) is 5.69 Å². The van der Waals surface area contributed by atoms with E-state index < -0.39 is 10.8 Å². The minimum absolute atomic E-state index is 0.0188. The zero-order valence-electron chi connectivity index (χ0n) is 14.6. The van der Waals surface area contributed by atoms with Crippen LogP contribution in [-0.4, -0.2) is 47.0 Å². The molecule has 8 nitrogen and oxygen atoms in total. The van der Waals surface area contributed by atoms with Crippen molar-refractivity contribution in [1.82, 2.24) is 4.90 Å². The summed E-state index contributed by atoms with van der Waals surface area (Å²) in [5.41, 5.74) is 10.9. The van der Waals surface area contributed by atoms with E-state index in [0.29, 0.717) is 23.8 Å². The molecule has 1 atom stereocenters. The van der Waals surface area contributed by atoms with Gasteiger partial charge in [0.25, 0.3) is 5.69 Å². The first-order valence-electron chi connectivity index (χ1n) is 7.84. The van der Waals surface area contributed by atoms with Crippen LogP contribution < -0.4 is 11.5 Å². The second-order valence-corrected chi connectivity index (χ2v) is 7.12. The summed E-state index contributed by atoms with van der Waals surface area (Å²) in [7, 11) is 1.68. The summed E-state index contributed by atoms with van der Waals surface area (Å²) in [5.74, 6) is -0.486. The molecule has 0 saturated carbocycles. The van der Waals surface area contributed by atoms with Crippen LogP contribution in [0.1, 0.15) is 30.6 Å². The van der Waals surface area contributed by atoms with E-state index in [1.807, 2.05) is 13.8 Å². The Balaban J connectivity index is 2.69. The van der Waals surface area contributed by atoms with Crippen LogP contribution in [0.5, 0.6) is 0 Å². The maximum absolute atomic E-state index is 12.2. The number of nitrogens with two attached hydrogens (primary N) is 2. The minimum atomic E-state index is -0.739. The van der Waals surface area contributed by atoms with Gasteiger partial charge in [-0.3, -0.25) is 19.7 Å². The predicted octanol–water partition coefficient (Wildman–Crippen LogP) is 1.62. The second kappa shape index (κ2) is 9.38. The fourth-order valence-corrected chi connectivity index (χ4v) is 2.93. The van der Waals surface area contributed by atoms with Crippen molar-refractivity contribution in [2.45, 2.75) is 31.2 Å². The van der Waals surface area contributed by atoms with Gasteiger partial charge in [0.15, 0.2) is 0 Å². The standard InChI is InChI=1S/C16H24N4O4S/c1-10(2)12(17)6-7-19(3)15(21)9-25-14-5-4-11(16(18)22)8-13(14)20(23)24/h4-5,8,10,12H,6-7,9,17H2,1-3H3,(H2,18,22). The summed E-state index contributed by atoms with van der Waals surface area (Å²) in [6, 6.07) is 3.99. The van der Waals surface area contributed by atoms with Gasteiger partial charge < -0.3 is 16.4 Å². The van der Waals surface area contributed by atoms with Gasteiger partial charge >= 0.3 is 0 Å². The number of rotatable bonds is 9. The highest BCUT2D eigenvalue weighted by Gasteiger charge is 2.19. The van der Waals surface area contributed by atoms with Crippen LogP contribution in [0.15, 0.2) is 23.1 Å². The van der Waals surface area contributed by atoms with Crippen molar-refractivity contribution in [3.8, 4) is 0 Å². The van der Waals surface area contributed by atoms with E-state index in [2.05, 4.69) is 0 Å². The highest BCUT2D eigenvalue weighted by molar-refractivity contribution is 8.00. The zero-order chi connectivity index (χ0) is 19.1. The number of hydrogen-bond donors (Lipinski definition) is 2. The summed E-state index contributed by atoms with van der Waals surface area (Å²) >= 11 is 1.06. The van der Waals surface area contributed by atoms with E-state index in [1.165, 1.54) is 12.1 Å². The molecule has 1 unspecified atom stereocenters. The smallest absolute Gasteiger partial charge is 0.283 e. The molecule has 0 aliphatic rings. The van der Waals surface area contributed by atoms with Gasteiger partial charge in [0, 0.05) is 31.3 Å². The molecule has 0 spiro atoms. The number of carbonyl (C=O) groups is 2. The van der Waals surface area contributed by atoms with Crippen molar-refractivity contribution in [2.75, 3.05) is 19.3 Å². The van der Waals surface area contributed by atoms with Gasteiger partial charge in [-0.2, -0.15) is 0 Å². The number of nitrogens with zero attached hydrogens (tertiary/aromatic N) is 2. The Hall–Kier alpha value is -2.13. The van der Waals surface area contributed by atoms with Crippen molar-refractivity contribution < 1.29 is 14.5 Å². The topological polar surface area (TPSA) is 133 Å². The lowest BCUT2D eigenvalue weighted by Crippen LogP contribution is -2.35. The molecule has 9 heteroatoms. The normalized spacial score (nSPS) is 12.0. The maximum atomic E-state index is 12.2. The predicted molar refractivity (Wildman–Crippen MR) is 97.4 cm³/mol. The third kappa shape index (κ3) is 6.35. The molecule has 0 fully saturated rings. The maximum Gasteiger partial charge on any atom is 0.283 e. The van der Waals surface area contributed by atoms with Crippen molar-refractivity contribution in [1.29, 1.82) is 0 Å². The Labute approximate surface area is 151 Å². The molecule has 0 aliphatic carbocycles. The van der Waals surface area contributed by atoms with Crippen molar-refractivity contribution in [2.24, 2.45) is 17.4 Å². The van der Waals surface area contributed by atoms with Gasteiger partial charge in [0.2, 0.25) is 11.8 Å². The number of benzene rings is 1. The van der Waals surface area contributed by atoms with Crippen molar-refractivity contribution in [3.63, 3.8) is 0 Å². The fraction of sp³-hybridized carbons (Fsp3) is 0.500. The van der Waals surface area contributed by atoms with E-state index in [0.717, 1.165) is 17.8 Å². The summed E-state index contributed by atoms with van der Waals surface area (Å²) in [6.45, 7) is 4.58. The van der Waals surface area contributed by atoms with Crippen LogP contribution in [0.2, 0.25) is 0 Å². The number of carbonyl (C=O) groups excluding carboxylic acids is 2. The monoisotopic (exact) mass is 368 g/mol.